The first-order valence-electron chi connectivity index (χ1n) is 13.1. The zero-order valence-electron chi connectivity index (χ0n) is 21.5. The third-order valence-corrected chi connectivity index (χ3v) is 8.36. The van der Waals surface area contributed by atoms with Crippen LogP contribution in [0.2, 0.25) is 0 Å². The molecule has 0 radical (unpaired) electrons. The Balaban J connectivity index is 1.10. The third kappa shape index (κ3) is 7.13. The summed E-state index contributed by atoms with van der Waals surface area (Å²) >= 11 is 1.09. The summed E-state index contributed by atoms with van der Waals surface area (Å²) in [6.07, 6.45) is -0.744. The minimum Gasteiger partial charge on any atom is -0.492 e. The fourth-order valence-corrected chi connectivity index (χ4v) is 6.23. The second kappa shape index (κ2) is 12.1. The topological polar surface area (TPSA) is 62.8 Å². The van der Waals surface area contributed by atoms with E-state index in [1.54, 1.807) is 6.07 Å². The maximum absolute atomic E-state index is 12.9. The van der Waals surface area contributed by atoms with Crippen LogP contribution in [0.1, 0.15) is 29.7 Å². The highest BCUT2D eigenvalue weighted by Crippen LogP contribution is 2.35. The molecule has 2 fully saturated rings. The van der Waals surface area contributed by atoms with Crippen molar-refractivity contribution in [2.45, 2.75) is 50.5 Å². The first-order chi connectivity index (χ1) is 18.3. The van der Waals surface area contributed by atoms with Crippen molar-refractivity contribution >= 4 is 27.4 Å². The van der Waals surface area contributed by atoms with Crippen LogP contribution in [-0.2, 0) is 17.7 Å². The molecule has 206 valence electrons. The summed E-state index contributed by atoms with van der Waals surface area (Å²) in [5.74, 6) is 1.59. The molecule has 3 aromatic rings. The number of nitrogens with one attached hydrogen (secondary N) is 1. The SMILES string of the molecule is CN(c1ncnc2sc(CC(F)(F)F)cc12)C1CCC(NCc2ccc(OCCN3CCOCC3)cc2)C1. The van der Waals surface area contributed by atoms with Crippen molar-refractivity contribution < 1.29 is 22.6 Å². The summed E-state index contributed by atoms with van der Waals surface area (Å²) in [7, 11) is 1.98. The summed E-state index contributed by atoms with van der Waals surface area (Å²) in [6, 6.07) is 10.5. The third-order valence-electron chi connectivity index (χ3n) is 7.32. The number of aromatic nitrogens is 2. The number of nitrogens with zero attached hydrogens (tertiary/aromatic N) is 4. The van der Waals surface area contributed by atoms with Gasteiger partial charge in [-0.25, -0.2) is 9.97 Å². The predicted octanol–water partition coefficient (Wildman–Crippen LogP) is 4.65. The van der Waals surface area contributed by atoms with Gasteiger partial charge in [-0.1, -0.05) is 12.1 Å². The number of alkyl halides is 3. The zero-order chi connectivity index (χ0) is 26.5. The van der Waals surface area contributed by atoms with Crippen LogP contribution in [0.5, 0.6) is 5.75 Å². The number of halogens is 3. The summed E-state index contributed by atoms with van der Waals surface area (Å²) in [6.45, 7) is 5.88. The molecular weight excluding hydrogens is 515 g/mol. The van der Waals surface area contributed by atoms with Crippen molar-refractivity contribution in [1.82, 2.24) is 20.2 Å². The van der Waals surface area contributed by atoms with Gasteiger partial charge in [0.15, 0.2) is 0 Å². The van der Waals surface area contributed by atoms with Crippen LogP contribution >= 0.6 is 11.3 Å². The van der Waals surface area contributed by atoms with Gasteiger partial charge in [0.2, 0.25) is 0 Å². The molecule has 1 saturated heterocycles. The van der Waals surface area contributed by atoms with Gasteiger partial charge in [-0.2, -0.15) is 13.2 Å². The largest absolute Gasteiger partial charge is 0.492 e. The minimum atomic E-state index is -4.24. The highest BCUT2D eigenvalue weighted by molar-refractivity contribution is 7.18. The Kier molecular flexibility index (Phi) is 8.67. The van der Waals surface area contributed by atoms with Crippen LogP contribution in [-0.4, -0.2) is 79.6 Å². The first-order valence-corrected chi connectivity index (χ1v) is 13.9. The Morgan fingerprint density at radius 2 is 1.95 bits per heavy atom. The average molecular weight is 550 g/mol. The molecule has 0 spiro atoms. The van der Waals surface area contributed by atoms with E-state index < -0.39 is 12.6 Å². The number of fused-ring (bicyclic) bond motifs is 1. The molecule has 38 heavy (non-hydrogen) atoms. The lowest BCUT2D eigenvalue weighted by molar-refractivity contribution is -0.126. The lowest BCUT2D eigenvalue weighted by atomic mass is 10.1. The molecule has 1 N–H and O–H groups in total. The predicted molar refractivity (Wildman–Crippen MR) is 143 cm³/mol. The molecule has 2 atom stereocenters. The quantitative estimate of drug-likeness (QED) is 0.395. The summed E-state index contributed by atoms with van der Waals surface area (Å²) in [5, 5.41) is 4.36. The standard InChI is InChI=1S/C27H34F3N5O2S/c1-34(25-24-15-23(16-27(28,29)30)38-26(24)33-18-32-25)21-5-4-20(14-21)31-17-19-2-6-22(7-3-19)37-13-10-35-8-11-36-12-9-35/h2-3,6-7,15,18,20-21,31H,4-5,8-14,16-17H2,1H3. The van der Waals surface area contributed by atoms with Crippen molar-refractivity contribution in [3.8, 4) is 5.75 Å². The highest BCUT2D eigenvalue weighted by atomic mass is 32.1. The molecule has 11 heteroatoms. The van der Waals surface area contributed by atoms with Gasteiger partial charge in [-0.15, -0.1) is 11.3 Å². The van der Waals surface area contributed by atoms with Crippen LogP contribution in [0.3, 0.4) is 0 Å². The van der Waals surface area contributed by atoms with E-state index in [1.165, 1.54) is 11.9 Å². The lowest BCUT2D eigenvalue weighted by Crippen LogP contribution is -2.38. The van der Waals surface area contributed by atoms with Gasteiger partial charge in [0.25, 0.3) is 0 Å². The van der Waals surface area contributed by atoms with Crippen molar-refractivity contribution in [1.29, 1.82) is 0 Å². The molecule has 3 heterocycles. The van der Waals surface area contributed by atoms with Gasteiger partial charge in [-0.05, 0) is 43.0 Å². The molecule has 0 bridgehead atoms. The molecule has 1 aromatic carbocycles. The van der Waals surface area contributed by atoms with Crippen molar-refractivity contribution in [3.05, 3.63) is 47.1 Å². The van der Waals surface area contributed by atoms with Gasteiger partial charge >= 0.3 is 6.18 Å². The zero-order valence-corrected chi connectivity index (χ0v) is 22.4. The maximum Gasteiger partial charge on any atom is 0.393 e. The number of rotatable bonds is 10. The maximum atomic E-state index is 12.9. The van der Waals surface area contributed by atoms with E-state index in [-0.39, 0.29) is 10.9 Å². The first kappa shape index (κ1) is 27.1. The van der Waals surface area contributed by atoms with E-state index in [2.05, 4.69) is 37.2 Å². The van der Waals surface area contributed by atoms with Gasteiger partial charge in [0.1, 0.15) is 29.3 Å². The summed E-state index contributed by atoms with van der Waals surface area (Å²) < 4.78 is 49.9. The number of ether oxygens (including phenoxy) is 2. The fraction of sp³-hybridized carbons (Fsp3) is 0.556. The molecule has 7 nitrogen and oxygen atoms in total. The Labute approximate surface area is 225 Å². The van der Waals surface area contributed by atoms with E-state index in [1.807, 2.05) is 19.2 Å². The Morgan fingerprint density at radius 1 is 1.16 bits per heavy atom. The number of hydrogen-bond donors (Lipinski definition) is 1. The van der Waals surface area contributed by atoms with Gasteiger partial charge in [0.05, 0.1) is 25.0 Å². The summed E-state index contributed by atoms with van der Waals surface area (Å²) in [5.41, 5.74) is 1.20. The van der Waals surface area contributed by atoms with Gasteiger partial charge < -0.3 is 19.7 Å². The smallest absolute Gasteiger partial charge is 0.393 e. The molecule has 0 amide bonds. The number of anilines is 1. The normalized spacial score (nSPS) is 20.7. The Morgan fingerprint density at radius 3 is 2.71 bits per heavy atom. The average Bonchev–Trinajstić information content (AvgIpc) is 3.54. The van der Waals surface area contributed by atoms with E-state index in [0.717, 1.165) is 75.7 Å². The molecule has 1 aliphatic heterocycles. The molecule has 1 aliphatic carbocycles. The van der Waals surface area contributed by atoms with Crippen LogP contribution in [0.4, 0.5) is 19.0 Å². The fourth-order valence-electron chi connectivity index (χ4n) is 5.21. The minimum absolute atomic E-state index is 0.263. The van der Waals surface area contributed by atoms with Crippen LogP contribution in [0, 0.1) is 0 Å². The van der Waals surface area contributed by atoms with Crippen LogP contribution in [0.25, 0.3) is 10.2 Å². The Bertz CT molecular complexity index is 1180. The van der Waals surface area contributed by atoms with E-state index in [0.29, 0.717) is 28.7 Å². The monoisotopic (exact) mass is 549 g/mol. The molecule has 5 rings (SSSR count). The molecule has 2 aliphatic rings. The summed E-state index contributed by atoms with van der Waals surface area (Å²) in [4.78, 5) is 14.0. The molecular formula is C27H34F3N5O2S. The molecule has 1 saturated carbocycles. The molecule has 2 aromatic heterocycles. The van der Waals surface area contributed by atoms with Gasteiger partial charge in [-0.3, -0.25) is 4.90 Å². The number of hydrogen-bond acceptors (Lipinski definition) is 8. The van der Waals surface area contributed by atoms with Crippen molar-refractivity contribution in [3.63, 3.8) is 0 Å². The van der Waals surface area contributed by atoms with Crippen LogP contribution < -0.4 is 15.0 Å². The lowest BCUT2D eigenvalue weighted by Gasteiger charge is -2.26. The highest BCUT2D eigenvalue weighted by Gasteiger charge is 2.31. The second-order valence-electron chi connectivity index (χ2n) is 10.0. The van der Waals surface area contributed by atoms with Gasteiger partial charge in [0, 0.05) is 50.2 Å². The van der Waals surface area contributed by atoms with E-state index in [9.17, 15) is 13.2 Å². The Hall–Kier alpha value is -2.47. The van der Waals surface area contributed by atoms with Crippen molar-refractivity contribution in [2.75, 3.05) is 51.4 Å². The molecule has 2 unspecified atom stereocenters. The number of thiophene rings is 1. The number of morpholine rings is 1. The second-order valence-corrected chi connectivity index (χ2v) is 11.1. The van der Waals surface area contributed by atoms with Crippen molar-refractivity contribution in [2.24, 2.45) is 0 Å². The van der Waals surface area contributed by atoms with Crippen LogP contribution in [0.15, 0.2) is 36.7 Å². The van der Waals surface area contributed by atoms with E-state index >= 15 is 0 Å². The number of benzene rings is 1. The van der Waals surface area contributed by atoms with E-state index in [4.69, 9.17) is 9.47 Å².